The molecule has 1 N–H and O–H groups in total. The summed E-state index contributed by atoms with van der Waals surface area (Å²) in [6.07, 6.45) is -4.76. The molecule has 1 unspecified atom stereocenters. The van der Waals surface area contributed by atoms with Crippen LogP contribution in [0.1, 0.15) is 29.0 Å². The number of fused-ring (bicyclic) bond motifs is 1. The van der Waals surface area contributed by atoms with Gasteiger partial charge >= 0.3 is 6.18 Å². The molecule has 148 valence electrons. The molecule has 28 heavy (non-hydrogen) atoms. The van der Waals surface area contributed by atoms with Crippen LogP contribution in [0.25, 0.3) is 10.9 Å². The number of hydrogen-bond acceptors (Lipinski definition) is 1. The van der Waals surface area contributed by atoms with Gasteiger partial charge in [0.2, 0.25) is 0 Å². The third-order valence-electron chi connectivity index (χ3n) is 4.29. The molecule has 2 aromatic carbocycles. The molecular formula is C19H14BrClF4N2O. The van der Waals surface area contributed by atoms with Gasteiger partial charge in [0.05, 0.1) is 9.99 Å². The zero-order valence-electron chi connectivity index (χ0n) is 14.4. The minimum atomic E-state index is -4.76. The van der Waals surface area contributed by atoms with Crippen LogP contribution in [0.15, 0.2) is 46.9 Å². The van der Waals surface area contributed by atoms with Gasteiger partial charge in [0, 0.05) is 17.0 Å². The fourth-order valence-electron chi connectivity index (χ4n) is 3.01. The third kappa shape index (κ3) is 4.03. The SMILES string of the molecule is CCn1c(C(=O)NC(c2ccc(F)c(Br)c2)C(F)(F)F)cc2ccc(Cl)cc21. The number of nitrogens with zero attached hydrogens (tertiary/aromatic N) is 1. The van der Waals surface area contributed by atoms with E-state index in [0.29, 0.717) is 22.5 Å². The molecule has 9 heteroatoms. The summed E-state index contributed by atoms with van der Waals surface area (Å²) in [6, 6.07) is 7.11. The van der Waals surface area contributed by atoms with Gasteiger partial charge in [0.25, 0.3) is 5.91 Å². The van der Waals surface area contributed by atoms with Gasteiger partial charge in [-0.05, 0) is 58.7 Å². The minimum Gasteiger partial charge on any atom is -0.337 e. The zero-order valence-corrected chi connectivity index (χ0v) is 16.8. The van der Waals surface area contributed by atoms with E-state index in [1.807, 2.05) is 5.32 Å². The predicted molar refractivity (Wildman–Crippen MR) is 103 cm³/mol. The molecule has 1 atom stereocenters. The van der Waals surface area contributed by atoms with Crippen molar-refractivity contribution in [2.45, 2.75) is 25.7 Å². The summed E-state index contributed by atoms with van der Waals surface area (Å²) >= 11 is 8.86. The van der Waals surface area contributed by atoms with Crippen LogP contribution in [0.2, 0.25) is 5.02 Å². The Morgan fingerprint density at radius 3 is 2.54 bits per heavy atom. The highest BCUT2D eigenvalue weighted by Crippen LogP contribution is 2.35. The number of amides is 1. The van der Waals surface area contributed by atoms with Crippen molar-refractivity contribution >= 4 is 44.3 Å². The first-order valence-corrected chi connectivity index (χ1v) is 9.40. The van der Waals surface area contributed by atoms with Crippen molar-refractivity contribution in [3.63, 3.8) is 0 Å². The number of rotatable bonds is 4. The number of carbonyl (C=O) groups excluding carboxylic acids is 1. The fraction of sp³-hybridized carbons (Fsp3) is 0.211. The molecule has 1 heterocycles. The number of benzene rings is 2. The molecule has 0 aliphatic carbocycles. The summed E-state index contributed by atoms with van der Waals surface area (Å²) in [5.41, 5.74) is 0.444. The first-order valence-electron chi connectivity index (χ1n) is 8.23. The van der Waals surface area contributed by atoms with E-state index in [1.165, 1.54) is 6.07 Å². The molecule has 0 saturated carbocycles. The van der Waals surface area contributed by atoms with Gasteiger partial charge in [-0.3, -0.25) is 4.79 Å². The van der Waals surface area contributed by atoms with E-state index in [1.54, 1.807) is 29.7 Å². The van der Waals surface area contributed by atoms with Crippen molar-refractivity contribution in [1.82, 2.24) is 9.88 Å². The van der Waals surface area contributed by atoms with E-state index >= 15 is 0 Å². The molecule has 3 rings (SSSR count). The Bertz CT molecular complexity index is 1050. The standard InChI is InChI=1S/C19H14BrClF4N2O/c1-2-27-15-9-12(21)5-3-10(15)8-16(27)18(28)26-17(19(23,24)25)11-4-6-14(22)13(20)7-11/h3-9,17H,2H2,1H3,(H,26,28). The lowest BCUT2D eigenvalue weighted by Crippen LogP contribution is -2.38. The summed E-state index contributed by atoms with van der Waals surface area (Å²) < 4.78 is 55.7. The molecule has 1 amide bonds. The van der Waals surface area contributed by atoms with E-state index in [9.17, 15) is 22.4 Å². The molecule has 3 nitrogen and oxygen atoms in total. The monoisotopic (exact) mass is 476 g/mol. The van der Waals surface area contributed by atoms with E-state index in [4.69, 9.17) is 11.6 Å². The second-order valence-corrected chi connectivity index (χ2v) is 7.39. The predicted octanol–water partition coefficient (Wildman–Crippen LogP) is 6.25. The molecular weight excluding hydrogens is 464 g/mol. The van der Waals surface area contributed by atoms with Crippen LogP contribution in [-0.2, 0) is 6.54 Å². The zero-order chi connectivity index (χ0) is 20.6. The number of hydrogen-bond donors (Lipinski definition) is 1. The maximum atomic E-state index is 13.6. The maximum absolute atomic E-state index is 13.6. The van der Waals surface area contributed by atoms with Gasteiger partial charge in [0.1, 0.15) is 11.5 Å². The lowest BCUT2D eigenvalue weighted by atomic mass is 10.1. The summed E-state index contributed by atoms with van der Waals surface area (Å²) in [5.74, 6) is -1.59. The molecule has 0 fully saturated rings. The van der Waals surface area contributed by atoms with Crippen LogP contribution in [0.4, 0.5) is 17.6 Å². The van der Waals surface area contributed by atoms with Crippen LogP contribution in [-0.4, -0.2) is 16.7 Å². The normalized spacial score (nSPS) is 13.0. The summed E-state index contributed by atoms with van der Waals surface area (Å²) in [4.78, 5) is 12.7. The number of halogens is 6. The molecule has 1 aromatic heterocycles. The molecule has 0 saturated heterocycles. The van der Waals surface area contributed by atoms with Crippen molar-refractivity contribution < 1.29 is 22.4 Å². The Labute approximate surface area is 171 Å². The Kier molecular flexibility index (Phi) is 5.72. The lowest BCUT2D eigenvalue weighted by Gasteiger charge is -2.22. The number of aryl methyl sites for hydroxylation is 1. The first-order chi connectivity index (χ1) is 13.1. The van der Waals surface area contributed by atoms with E-state index < -0.39 is 23.9 Å². The Hall–Kier alpha value is -2.06. The average Bonchev–Trinajstić information content (AvgIpc) is 2.98. The number of carbonyl (C=O) groups is 1. The average molecular weight is 478 g/mol. The molecule has 0 aliphatic rings. The molecule has 0 spiro atoms. The van der Waals surface area contributed by atoms with Crippen molar-refractivity contribution in [1.29, 1.82) is 0 Å². The summed E-state index contributed by atoms with van der Waals surface area (Å²) in [6.45, 7) is 2.14. The largest absolute Gasteiger partial charge is 0.412 e. The Morgan fingerprint density at radius 2 is 1.93 bits per heavy atom. The highest BCUT2D eigenvalue weighted by molar-refractivity contribution is 9.10. The highest BCUT2D eigenvalue weighted by atomic mass is 79.9. The molecule has 0 radical (unpaired) electrons. The van der Waals surface area contributed by atoms with Gasteiger partial charge in [-0.2, -0.15) is 13.2 Å². The Morgan fingerprint density at radius 1 is 1.21 bits per heavy atom. The quantitative estimate of drug-likeness (QED) is 0.443. The minimum absolute atomic E-state index is 0.0789. The Balaban J connectivity index is 2.01. The van der Waals surface area contributed by atoms with Crippen molar-refractivity contribution in [3.05, 3.63) is 69.0 Å². The topological polar surface area (TPSA) is 34.0 Å². The van der Waals surface area contributed by atoms with E-state index in [0.717, 1.165) is 18.2 Å². The molecule has 3 aromatic rings. The number of aromatic nitrogens is 1. The van der Waals surface area contributed by atoms with Crippen LogP contribution in [0.3, 0.4) is 0 Å². The van der Waals surface area contributed by atoms with Crippen molar-refractivity contribution in [2.24, 2.45) is 0 Å². The van der Waals surface area contributed by atoms with Crippen LogP contribution in [0.5, 0.6) is 0 Å². The van der Waals surface area contributed by atoms with E-state index in [-0.39, 0.29) is 15.7 Å². The number of alkyl halides is 3. The van der Waals surface area contributed by atoms with Gasteiger partial charge < -0.3 is 9.88 Å². The summed E-state index contributed by atoms with van der Waals surface area (Å²) in [7, 11) is 0. The van der Waals surface area contributed by atoms with Gasteiger partial charge in [-0.1, -0.05) is 23.7 Å². The van der Waals surface area contributed by atoms with Crippen molar-refractivity contribution in [2.75, 3.05) is 0 Å². The highest BCUT2D eigenvalue weighted by Gasteiger charge is 2.42. The van der Waals surface area contributed by atoms with Gasteiger partial charge in [-0.25, -0.2) is 4.39 Å². The fourth-order valence-corrected chi connectivity index (χ4v) is 3.57. The van der Waals surface area contributed by atoms with Gasteiger partial charge in [0.15, 0.2) is 6.04 Å². The number of nitrogens with one attached hydrogen (secondary N) is 1. The summed E-state index contributed by atoms with van der Waals surface area (Å²) in [5, 5.41) is 3.17. The second-order valence-electron chi connectivity index (χ2n) is 6.10. The molecule has 0 aliphatic heterocycles. The van der Waals surface area contributed by atoms with Crippen LogP contribution < -0.4 is 5.32 Å². The van der Waals surface area contributed by atoms with Crippen LogP contribution in [0, 0.1) is 5.82 Å². The lowest BCUT2D eigenvalue weighted by molar-refractivity contribution is -0.155. The van der Waals surface area contributed by atoms with Gasteiger partial charge in [-0.15, -0.1) is 0 Å². The maximum Gasteiger partial charge on any atom is 0.412 e. The van der Waals surface area contributed by atoms with Crippen LogP contribution >= 0.6 is 27.5 Å². The third-order valence-corrected chi connectivity index (χ3v) is 5.14. The molecule has 0 bridgehead atoms. The van der Waals surface area contributed by atoms with E-state index in [2.05, 4.69) is 15.9 Å². The smallest absolute Gasteiger partial charge is 0.337 e. The van der Waals surface area contributed by atoms with Crippen molar-refractivity contribution in [3.8, 4) is 0 Å². The first kappa shape index (κ1) is 20.7. The second kappa shape index (κ2) is 7.75.